The second-order valence-electron chi connectivity index (χ2n) is 7.52. The lowest BCUT2D eigenvalue weighted by Gasteiger charge is -2.21. The van der Waals surface area contributed by atoms with E-state index >= 15 is 0 Å². The SMILES string of the molecule is CCN(CC)c1ccc(/C=N\NC(=O)c2nnn(-c3nonc3N)c2-c2cccc(OC)c2)c(O)c1. The molecule has 0 atom stereocenters. The van der Waals surface area contributed by atoms with E-state index in [2.05, 4.69) is 40.7 Å². The van der Waals surface area contributed by atoms with E-state index in [-0.39, 0.29) is 28.8 Å². The predicted octanol–water partition coefficient (Wildman–Crippen LogP) is 2.22. The molecule has 0 spiro atoms. The van der Waals surface area contributed by atoms with Crippen LogP contribution in [0.5, 0.6) is 11.5 Å². The summed E-state index contributed by atoms with van der Waals surface area (Å²) in [5.41, 5.74) is 10.4. The van der Waals surface area contributed by atoms with Crippen molar-refractivity contribution < 1.29 is 19.3 Å². The van der Waals surface area contributed by atoms with Crippen molar-refractivity contribution in [1.29, 1.82) is 0 Å². The summed E-state index contributed by atoms with van der Waals surface area (Å²) in [6, 6.07) is 12.2. The van der Waals surface area contributed by atoms with E-state index in [1.54, 1.807) is 36.4 Å². The molecule has 0 saturated heterocycles. The fraction of sp³-hybridized carbons (Fsp3) is 0.217. The van der Waals surface area contributed by atoms with E-state index in [4.69, 9.17) is 10.5 Å². The monoisotopic (exact) mass is 491 g/mol. The topological polar surface area (TPSA) is 170 Å². The number of hydrogen-bond donors (Lipinski definition) is 3. The van der Waals surface area contributed by atoms with Crippen molar-refractivity contribution in [2.45, 2.75) is 13.8 Å². The molecule has 0 aliphatic carbocycles. The molecule has 0 radical (unpaired) electrons. The van der Waals surface area contributed by atoms with Gasteiger partial charge in [-0.3, -0.25) is 4.79 Å². The van der Waals surface area contributed by atoms with Crippen LogP contribution in [0.1, 0.15) is 29.9 Å². The van der Waals surface area contributed by atoms with Crippen molar-refractivity contribution in [1.82, 2.24) is 30.7 Å². The first-order valence-electron chi connectivity index (χ1n) is 11.1. The highest BCUT2D eigenvalue weighted by atomic mass is 16.6. The smallest absolute Gasteiger partial charge is 0.294 e. The van der Waals surface area contributed by atoms with Crippen LogP contribution in [0.25, 0.3) is 17.1 Å². The number of phenolic OH excluding ortho intramolecular Hbond substituents is 1. The lowest BCUT2D eigenvalue weighted by atomic mass is 10.1. The van der Waals surface area contributed by atoms with Gasteiger partial charge in [0, 0.05) is 36.0 Å². The summed E-state index contributed by atoms with van der Waals surface area (Å²) < 4.78 is 11.2. The minimum absolute atomic E-state index is 0.0299. The van der Waals surface area contributed by atoms with Gasteiger partial charge in [0.25, 0.3) is 5.91 Å². The lowest BCUT2D eigenvalue weighted by molar-refractivity contribution is 0.0950. The average Bonchev–Trinajstić information content (AvgIpc) is 3.52. The number of aromatic hydroxyl groups is 1. The third kappa shape index (κ3) is 4.80. The highest BCUT2D eigenvalue weighted by molar-refractivity contribution is 5.99. The van der Waals surface area contributed by atoms with Crippen molar-refractivity contribution in [3.63, 3.8) is 0 Å². The number of nitrogens with zero attached hydrogens (tertiary/aromatic N) is 7. The standard InChI is InChI=1S/C23H25N9O4/c1-4-31(5-2)16-10-9-15(18(33)12-16)13-25-27-23(34)19-20(14-7-6-8-17(11-14)35-3)32(30-26-19)22-21(24)28-36-29-22/h6-13,33H,4-5H2,1-3H3,(H2,24,28)(H,27,34)/b25-13-. The Bertz CT molecular complexity index is 1390. The highest BCUT2D eigenvalue weighted by Gasteiger charge is 2.25. The molecule has 0 aliphatic heterocycles. The molecule has 0 saturated carbocycles. The van der Waals surface area contributed by atoms with Gasteiger partial charge in [-0.2, -0.15) is 9.78 Å². The second-order valence-corrected chi connectivity index (χ2v) is 7.52. The molecule has 13 nitrogen and oxygen atoms in total. The molecule has 2 aromatic heterocycles. The Morgan fingerprint density at radius 2 is 2.06 bits per heavy atom. The van der Waals surface area contributed by atoms with Crippen LogP contribution < -0.4 is 20.8 Å². The van der Waals surface area contributed by atoms with E-state index in [0.717, 1.165) is 18.8 Å². The minimum Gasteiger partial charge on any atom is -0.507 e. The first-order chi connectivity index (χ1) is 17.5. The molecule has 1 amide bonds. The number of aromatic nitrogens is 5. The molecule has 0 fully saturated rings. The van der Waals surface area contributed by atoms with Gasteiger partial charge in [0.15, 0.2) is 5.69 Å². The number of methoxy groups -OCH3 is 1. The van der Waals surface area contributed by atoms with Gasteiger partial charge in [0.05, 0.1) is 13.3 Å². The third-order valence-corrected chi connectivity index (χ3v) is 5.44. The van der Waals surface area contributed by atoms with E-state index in [0.29, 0.717) is 16.9 Å². The summed E-state index contributed by atoms with van der Waals surface area (Å²) in [4.78, 5) is 15.1. The Balaban J connectivity index is 1.62. The van der Waals surface area contributed by atoms with Crippen molar-refractivity contribution in [3.8, 4) is 28.6 Å². The maximum Gasteiger partial charge on any atom is 0.294 e. The molecule has 0 unspecified atom stereocenters. The number of ether oxygens (including phenoxy) is 1. The number of benzene rings is 2. The molecule has 4 rings (SSSR count). The van der Waals surface area contributed by atoms with Crippen molar-refractivity contribution in [3.05, 3.63) is 53.7 Å². The minimum atomic E-state index is -0.649. The molecular weight excluding hydrogens is 466 g/mol. The molecule has 186 valence electrons. The zero-order chi connectivity index (χ0) is 25.7. The van der Waals surface area contributed by atoms with Crippen LogP contribution in [-0.2, 0) is 0 Å². The number of anilines is 2. The number of phenols is 1. The van der Waals surface area contributed by atoms with Gasteiger partial charge in [-0.05, 0) is 48.4 Å². The van der Waals surface area contributed by atoms with Crippen LogP contribution in [0.2, 0.25) is 0 Å². The Hall–Kier alpha value is -4.94. The maximum absolute atomic E-state index is 13.0. The quantitative estimate of drug-likeness (QED) is 0.233. The van der Waals surface area contributed by atoms with Gasteiger partial charge in [0.1, 0.15) is 17.2 Å². The molecular formula is C23H25N9O4. The molecule has 2 aromatic carbocycles. The van der Waals surface area contributed by atoms with Gasteiger partial charge < -0.3 is 20.5 Å². The Morgan fingerprint density at radius 1 is 1.25 bits per heavy atom. The first kappa shape index (κ1) is 24.2. The van der Waals surface area contributed by atoms with Crippen molar-refractivity contribution in [2.24, 2.45) is 5.10 Å². The number of hydrogen-bond acceptors (Lipinski definition) is 11. The zero-order valence-electron chi connectivity index (χ0n) is 19.9. The van der Waals surface area contributed by atoms with E-state index in [1.807, 2.05) is 19.9 Å². The lowest BCUT2D eigenvalue weighted by Crippen LogP contribution is -2.21. The van der Waals surface area contributed by atoms with Crippen molar-refractivity contribution >= 4 is 23.6 Å². The summed E-state index contributed by atoms with van der Waals surface area (Å²) in [7, 11) is 1.53. The molecule has 13 heteroatoms. The van der Waals surface area contributed by atoms with E-state index in [9.17, 15) is 9.90 Å². The summed E-state index contributed by atoms with van der Waals surface area (Å²) >= 11 is 0. The molecule has 36 heavy (non-hydrogen) atoms. The van der Waals surface area contributed by atoms with Crippen LogP contribution in [-0.4, -0.2) is 62.7 Å². The molecule has 4 aromatic rings. The molecule has 4 N–H and O–H groups in total. The highest BCUT2D eigenvalue weighted by Crippen LogP contribution is 2.29. The summed E-state index contributed by atoms with van der Waals surface area (Å²) in [5, 5.41) is 29.7. The van der Waals surface area contributed by atoms with Crippen LogP contribution in [0.3, 0.4) is 0 Å². The summed E-state index contributed by atoms with van der Waals surface area (Å²) in [6.45, 7) is 5.70. The van der Waals surface area contributed by atoms with Gasteiger partial charge in [-0.15, -0.1) is 5.10 Å². The van der Waals surface area contributed by atoms with E-state index in [1.165, 1.54) is 18.0 Å². The fourth-order valence-electron chi connectivity index (χ4n) is 3.59. The van der Waals surface area contributed by atoms with Crippen LogP contribution in [0.4, 0.5) is 11.5 Å². The normalized spacial score (nSPS) is 11.1. The van der Waals surface area contributed by atoms with Gasteiger partial charge >= 0.3 is 0 Å². The predicted molar refractivity (Wildman–Crippen MR) is 132 cm³/mol. The number of nitrogens with two attached hydrogens (primary N) is 1. The molecule has 0 bridgehead atoms. The van der Waals surface area contributed by atoms with Gasteiger partial charge in [-0.25, -0.2) is 10.1 Å². The number of nitrogens with one attached hydrogen (secondary N) is 1. The number of hydrazone groups is 1. The Labute approximate surface area is 206 Å². The maximum atomic E-state index is 13.0. The fourth-order valence-corrected chi connectivity index (χ4v) is 3.59. The largest absolute Gasteiger partial charge is 0.507 e. The third-order valence-electron chi connectivity index (χ3n) is 5.44. The van der Waals surface area contributed by atoms with Gasteiger partial charge in [-0.1, -0.05) is 17.3 Å². The number of carbonyl (C=O) groups excluding carboxylic acids is 1. The first-order valence-corrected chi connectivity index (χ1v) is 11.1. The number of nitrogen functional groups attached to an aromatic ring is 1. The van der Waals surface area contributed by atoms with E-state index < -0.39 is 5.91 Å². The molecule has 0 aliphatic rings. The Kier molecular flexibility index (Phi) is 7.09. The van der Waals surface area contributed by atoms with Gasteiger partial charge in [0.2, 0.25) is 11.6 Å². The van der Waals surface area contributed by atoms with Crippen LogP contribution in [0, 0.1) is 0 Å². The van der Waals surface area contributed by atoms with Crippen LogP contribution >= 0.6 is 0 Å². The zero-order valence-corrected chi connectivity index (χ0v) is 19.9. The average molecular weight is 492 g/mol. The second kappa shape index (κ2) is 10.5. The Morgan fingerprint density at radius 3 is 2.72 bits per heavy atom. The number of rotatable bonds is 9. The summed E-state index contributed by atoms with van der Waals surface area (Å²) in [5.74, 6) is -0.0164. The number of amides is 1. The van der Waals surface area contributed by atoms with Crippen LogP contribution in [0.15, 0.2) is 52.2 Å². The molecule has 2 heterocycles. The van der Waals surface area contributed by atoms with Crippen molar-refractivity contribution in [2.75, 3.05) is 30.8 Å². The number of carbonyl (C=O) groups is 1. The summed E-state index contributed by atoms with van der Waals surface area (Å²) in [6.07, 6.45) is 1.34.